The number of amides is 1. The number of hydrogen-bond acceptors (Lipinski definition) is 3. The first-order chi connectivity index (χ1) is 16.0. The van der Waals surface area contributed by atoms with E-state index in [1.807, 2.05) is 41.1 Å². The summed E-state index contributed by atoms with van der Waals surface area (Å²) in [5.41, 5.74) is 2.23. The van der Waals surface area contributed by atoms with Gasteiger partial charge < -0.3 is 9.88 Å². The highest BCUT2D eigenvalue weighted by Crippen LogP contribution is 2.25. The Hall–Kier alpha value is -2.64. The molecule has 1 aliphatic rings. The van der Waals surface area contributed by atoms with Crippen LogP contribution in [0.1, 0.15) is 44.1 Å². The van der Waals surface area contributed by atoms with Gasteiger partial charge in [-0.2, -0.15) is 4.31 Å². The Morgan fingerprint density at radius 3 is 2.45 bits per heavy atom. The molecule has 3 aromatic rings. The molecule has 0 spiro atoms. The number of fused-ring (bicyclic) bond motifs is 1. The third kappa shape index (κ3) is 6.03. The molecule has 4 rings (SSSR count). The minimum atomic E-state index is -3.47. The van der Waals surface area contributed by atoms with Gasteiger partial charge in [0.2, 0.25) is 15.9 Å². The van der Waals surface area contributed by atoms with E-state index in [1.54, 1.807) is 16.4 Å². The van der Waals surface area contributed by atoms with Gasteiger partial charge >= 0.3 is 0 Å². The van der Waals surface area contributed by atoms with Gasteiger partial charge in [-0.1, -0.05) is 43.2 Å². The number of hydrogen-bond donors (Lipinski definition) is 1. The molecule has 6 nitrogen and oxygen atoms in total. The zero-order valence-corrected chi connectivity index (χ0v) is 19.9. The second-order valence-corrected chi connectivity index (χ2v) is 10.7. The van der Waals surface area contributed by atoms with Crippen LogP contribution in [-0.2, 0) is 27.8 Å². The lowest BCUT2D eigenvalue weighted by molar-refractivity contribution is -0.121. The van der Waals surface area contributed by atoms with Crippen molar-refractivity contribution < 1.29 is 13.2 Å². The number of carbonyl (C=O) groups is 1. The van der Waals surface area contributed by atoms with E-state index in [0.717, 1.165) is 49.4 Å². The van der Waals surface area contributed by atoms with Crippen LogP contribution in [0.25, 0.3) is 10.9 Å². The summed E-state index contributed by atoms with van der Waals surface area (Å²) in [6.45, 7) is 2.42. The maximum absolute atomic E-state index is 13.1. The topological polar surface area (TPSA) is 71.4 Å². The first-order valence-electron chi connectivity index (χ1n) is 11.9. The average Bonchev–Trinajstić information content (AvgIpc) is 3.03. The lowest BCUT2D eigenvalue weighted by atomic mass is 10.1. The molecular formula is C26H33N3O3S. The quantitative estimate of drug-likeness (QED) is 0.476. The first kappa shape index (κ1) is 23.5. The maximum atomic E-state index is 13.1. The standard InChI is InChI=1S/C26H33N3O3S/c30-26(27-16-8-11-22-9-4-3-5-10-22)15-20-28-19-14-23-21-24(12-13-25(23)28)33(31,32)29-17-6-1-2-7-18-29/h3-5,9-10,12-14,19,21H,1-2,6-8,11,15-18,20H2,(H,27,30). The summed E-state index contributed by atoms with van der Waals surface area (Å²) in [4.78, 5) is 12.6. The third-order valence-corrected chi connectivity index (χ3v) is 8.23. The monoisotopic (exact) mass is 467 g/mol. The molecule has 1 aliphatic heterocycles. The van der Waals surface area contributed by atoms with Crippen LogP contribution in [0, 0.1) is 0 Å². The smallest absolute Gasteiger partial charge is 0.243 e. The highest BCUT2D eigenvalue weighted by Gasteiger charge is 2.25. The molecule has 0 unspecified atom stereocenters. The normalized spacial score (nSPS) is 15.4. The molecule has 1 fully saturated rings. The Bertz CT molecular complexity index is 1160. The molecule has 1 saturated heterocycles. The third-order valence-electron chi connectivity index (χ3n) is 6.33. The Balaban J connectivity index is 1.31. The van der Waals surface area contributed by atoms with Crippen molar-refractivity contribution >= 4 is 26.8 Å². The zero-order valence-electron chi connectivity index (χ0n) is 19.1. The lowest BCUT2D eigenvalue weighted by Gasteiger charge is -2.20. The summed E-state index contributed by atoms with van der Waals surface area (Å²) in [6.07, 6.45) is 8.21. The molecule has 176 valence electrons. The summed E-state index contributed by atoms with van der Waals surface area (Å²) in [5, 5.41) is 3.88. The van der Waals surface area contributed by atoms with Crippen molar-refractivity contribution in [3.63, 3.8) is 0 Å². The van der Waals surface area contributed by atoms with Crippen molar-refractivity contribution in [2.75, 3.05) is 19.6 Å². The van der Waals surface area contributed by atoms with Gasteiger partial charge in [-0.05, 0) is 55.5 Å². The van der Waals surface area contributed by atoms with Crippen molar-refractivity contribution in [2.24, 2.45) is 0 Å². The van der Waals surface area contributed by atoms with E-state index in [4.69, 9.17) is 0 Å². The molecule has 0 atom stereocenters. The number of nitrogens with zero attached hydrogens (tertiary/aromatic N) is 2. The highest BCUT2D eigenvalue weighted by molar-refractivity contribution is 7.89. The van der Waals surface area contributed by atoms with E-state index >= 15 is 0 Å². The predicted octanol–water partition coefficient (Wildman–Crippen LogP) is 4.35. The number of carbonyl (C=O) groups excluding carboxylic acids is 1. The first-order valence-corrected chi connectivity index (χ1v) is 13.4. The second kappa shape index (κ2) is 11.0. The van der Waals surface area contributed by atoms with E-state index in [-0.39, 0.29) is 5.91 Å². The summed E-state index contributed by atoms with van der Waals surface area (Å²) >= 11 is 0. The Labute approximate surface area is 196 Å². The van der Waals surface area contributed by atoms with Crippen LogP contribution >= 0.6 is 0 Å². The molecule has 2 heterocycles. The predicted molar refractivity (Wildman–Crippen MR) is 132 cm³/mol. The van der Waals surface area contributed by atoms with Gasteiger partial charge in [-0.25, -0.2) is 8.42 Å². The second-order valence-electron chi connectivity index (χ2n) is 8.74. The average molecular weight is 468 g/mol. The van der Waals surface area contributed by atoms with Crippen LogP contribution in [-0.4, -0.2) is 42.8 Å². The molecule has 1 aromatic heterocycles. The van der Waals surface area contributed by atoms with E-state index in [0.29, 0.717) is 37.5 Å². The molecule has 1 amide bonds. The summed E-state index contributed by atoms with van der Waals surface area (Å²) in [5.74, 6) is 0.0327. The molecule has 0 bridgehead atoms. The van der Waals surface area contributed by atoms with Gasteiger partial charge in [-0.3, -0.25) is 4.79 Å². The van der Waals surface area contributed by atoms with Crippen molar-refractivity contribution in [3.8, 4) is 0 Å². The van der Waals surface area contributed by atoms with Gasteiger partial charge in [0.05, 0.1) is 4.90 Å². The van der Waals surface area contributed by atoms with Gasteiger partial charge in [-0.15, -0.1) is 0 Å². The van der Waals surface area contributed by atoms with E-state index in [9.17, 15) is 13.2 Å². The number of sulfonamides is 1. The van der Waals surface area contributed by atoms with E-state index < -0.39 is 10.0 Å². The number of aromatic nitrogens is 1. The Morgan fingerprint density at radius 2 is 1.70 bits per heavy atom. The molecule has 1 N–H and O–H groups in total. The molecule has 0 aliphatic carbocycles. The fraction of sp³-hybridized carbons (Fsp3) is 0.423. The summed E-state index contributed by atoms with van der Waals surface area (Å²) < 4.78 is 29.8. The molecular weight excluding hydrogens is 434 g/mol. The van der Waals surface area contributed by atoms with Crippen molar-refractivity contribution in [3.05, 3.63) is 66.4 Å². The number of benzene rings is 2. The van der Waals surface area contributed by atoms with Crippen molar-refractivity contribution in [1.82, 2.24) is 14.2 Å². The zero-order chi connectivity index (χ0) is 23.1. The molecule has 0 radical (unpaired) electrons. The van der Waals surface area contributed by atoms with Crippen LogP contribution in [0.3, 0.4) is 0 Å². The van der Waals surface area contributed by atoms with Crippen molar-refractivity contribution in [1.29, 1.82) is 0 Å². The van der Waals surface area contributed by atoms with Crippen LogP contribution in [0.5, 0.6) is 0 Å². The fourth-order valence-corrected chi connectivity index (χ4v) is 5.99. The summed E-state index contributed by atoms with van der Waals surface area (Å²) in [6, 6.07) is 17.5. The molecule has 2 aromatic carbocycles. The Morgan fingerprint density at radius 1 is 0.939 bits per heavy atom. The Kier molecular flexibility index (Phi) is 7.83. The van der Waals surface area contributed by atoms with Gasteiger partial charge in [0, 0.05) is 49.7 Å². The minimum absolute atomic E-state index is 0.0327. The van der Waals surface area contributed by atoms with Crippen LogP contribution in [0.2, 0.25) is 0 Å². The van der Waals surface area contributed by atoms with Gasteiger partial charge in [0.1, 0.15) is 0 Å². The van der Waals surface area contributed by atoms with E-state index in [1.165, 1.54) is 5.56 Å². The van der Waals surface area contributed by atoms with Gasteiger partial charge in [0.15, 0.2) is 0 Å². The largest absolute Gasteiger partial charge is 0.356 e. The van der Waals surface area contributed by atoms with Crippen LogP contribution in [0.15, 0.2) is 65.7 Å². The number of nitrogens with one attached hydrogen (secondary N) is 1. The SMILES string of the molecule is O=C(CCn1ccc2cc(S(=O)(=O)N3CCCCCC3)ccc21)NCCCc1ccccc1. The minimum Gasteiger partial charge on any atom is -0.356 e. The lowest BCUT2D eigenvalue weighted by Crippen LogP contribution is -2.31. The molecule has 7 heteroatoms. The number of aryl methyl sites for hydroxylation is 2. The van der Waals surface area contributed by atoms with E-state index in [2.05, 4.69) is 17.4 Å². The summed E-state index contributed by atoms with van der Waals surface area (Å²) in [7, 11) is -3.47. The maximum Gasteiger partial charge on any atom is 0.243 e. The molecule has 33 heavy (non-hydrogen) atoms. The fourth-order valence-electron chi connectivity index (χ4n) is 4.44. The van der Waals surface area contributed by atoms with Crippen LogP contribution in [0.4, 0.5) is 0 Å². The molecule has 0 saturated carbocycles. The highest BCUT2D eigenvalue weighted by atomic mass is 32.2. The van der Waals surface area contributed by atoms with Crippen LogP contribution < -0.4 is 5.32 Å². The number of rotatable bonds is 9. The van der Waals surface area contributed by atoms with Crippen molar-refractivity contribution in [2.45, 2.75) is 56.4 Å². The van der Waals surface area contributed by atoms with Gasteiger partial charge in [0.25, 0.3) is 0 Å².